The minimum Gasteiger partial charge on any atom is -0.392 e. The van der Waals surface area contributed by atoms with Crippen molar-refractivity contribution in [1.29, 1.82) is 5.26 Å². The summed E-state index contributed by atoms with van der Waals surface area (Å²) >= 11 is 0. The summed E-state index contributed by atoms with van der Waals surface area (Å²) < 4.78 is 0. The van der Waals surface area contributed by atoms with Crippen LogP contribution in [-0.4, -0.2) is 40.8 Å². The number of carbonyl (C=O) groups is 1. The van der Waals surface area contributed by atoms with E-state index in [1.807, 2.05) is 37.3 Å². The first-order valence-electron chi connectivity index (χ1n) is 7.80. The molecule has 2 aliphatic rings. The molecular weight excluding hydrogens is 290 g/mol. The summed E-state index contributed by atoms with van der Waals surface area (Å²) in [5.74, 6) is 0.0314. The number of amides is 1. The van der Waals surface area contributed by atoms with Gasteiger partial charge in [0.1, 0.15) is 0 Å². The fourth-order valence-electron chi connectivity index (χ4n) is 3.90. The number of hydrogen-bond acceptors (Lipinski definition) is 4. The number of aliphatic hydroxyl groups excluding tert-OH is 1. The number of aliphatic hydroxyl groups is 1. The molecule has 0 spiro atoms. The molecule has 3 atom stereocenters. The second-order valence-corrected chi connectivity index (χ2v) is 6.23. The zero-order valence-corrected chi connectivity index (χ0v) is 12.8. The van der Waals surface area contributed by atoms with Crippen molar-refractivity contribution in [1.82, 2.24) is 4.90 Å². The van der Waals surface area contributed by atoms with Crippen LogP contribution in [0.15, 0.2) is 36.4 Å². The van der Waals surface area contributed by atoms with Crippen molar-refractivity contribution in [2.45, 2.75) is 31.7 Å². The Morgan fingerprint density at radius 1 is 1.22 bits per heavy atom. The van der Waals surface area contributed by atoms with Gasteiger partial charge >= 0.3 is 0 Å². The number of nitrogens with zero attached hydrogens (tertiary/aromatic N) is 3. The van der Waals surface area contributed by atoms with Crippen LogP contribution in [0.1, 0.15) is 18.9 Å². The number of anilines is 1. The highest BCUT2D eigenvalue weighted by molar-refractivity contribution is 6.08. The Bertz CT molecular complexity index is 842. The Kier molecular flexibility index (Phi) is 3.12. The Hall–Kier alpha value is -2.42. The van der Waals surface area contributed by atoms with E-state index in [1.165, 1.54) is 0 Å². The molecule has 0 saturated carbocycles. The van der Waals surface area contributed by atoms with Gasteiger partial charge in [0.25, 0.3) is 0 Å². The highest BCUT2D eigenvalue weighted by Gasteiger charge is 2.49. The van der Waals surface area contributed by atoms with Crippen molar-refractivity contribution >= 4 is 22.4 Å². The number of carbonyl (C=O) groups excluding carboxylic acids is 1. The molecule has 0 unspecified atom stereocenters. The summed E-state index contributed by atoms with van der Waals surface area (Å²) in [5.41, 5.74) is 1.44. The average molecular weight is 307 g/mol. The number of nitriles is 1. The summed E-state index contributed by atoms with van der Waals surface area (Å²) in [4.78, 5) is 16.7. The molecule has 1 amide bonds. The lowest BCUT2D eigenvalue weighted by Crippen LogP contribution is -2.38. The van der Waals surface area contributed by atoms with E-state index >= 15 is 0 Å². The van der Waals surface area contributed by atoms with Crippen LogP contribution in [0.3, 0.4) is 0 Å². The zero-order valence-electron chi connectivity index (χ0n) is 12.8. The third kappa shape index (κ3) is 1.96. The molecule has 2 fully saturated rings. The number of benzene rings is 2. The van der Waals surface area contributed by atoms with Gasteiger partial charge in [-0.25, -0.2) is 0 Å². The van der Waals surface area contributed by atoms with E-state index in [0.29, 0.717) is 18.5 Å². The van der Waals surface area contributed by atoms with Gasteiger partial charge in [0.15, 0.2) is 0 Å². The molecule has 5 nitrogen and oxygen atoms in total. The van der Waals surface area contributed by atoms with Gasteiger partial charge in [-0.2, -0.15) is 5.26 Å². The minimum atomic E-state index is -0.425. The van der Waals surface area contributed by atoms with E-state index < -0.39 is 6.10 Å². The standard InChI is InChI=1S/C18H17N3O2/c1-11-20-10-13(22)8-17(20)18(23)21(11)16-7-6-12(9-19)14-4-2-3-5-15(14)16/h2-7,11,13,17,22H,8,10H2,1H3/t11-,13-,17+/m1/s1. The molecular formula is C18H17N3O2. The second-order valence-electron chi connectivity index (χ2n) is 6.23. The van der Waals surface area contributed by atoms with Gasteiger partial charge in [-0.15, -0.1) is 0 Å². The van der Waals surface area contributed by atoms with E-state index in [9.17, 15) is 15.2 Å². The largest absolute Gasteiger partial charge is 0.392 e. The van der Waals surface area contributed by atoms with E-state index in [4.69, 9.17) is 0 Å². The maximum absolute atomic E-state index is 12.8. The number of hydrogen-bond donors (Lipinski definition) is 1. The van der Waals surface area contributed by atoms with Crippen LogP contribution >= 0.6 is 0 Å². The van der Waals surface area contributed by atoms with Crippen molar-refractivity contribution in [3.05, 3.63) is 42.0 Å². The predicted molar refractivity (Wildman–Crippen MR) is 86.7 cm³/mol. The summed E-state index contributed by atoms with van der Waals surface area (Å²) in [7, 11) is 0. The summed E-state index contributed by atoms with van der Waals surface area (Å²) in [6.07, 6.45) is -0.0271. The fourth-order valence-corrected chi connectivity index (χ4v) is 3.90. The average Bonchev–Trinajstić information content (AvgIpc) is 3.05. The minimum absolute atomic E-state index is 0.0314. The van der Waals surface area contributed by atoms with Gasteiger partial charge in [-0.1, -0.05) is 24.3 Å². The normalized spacial score (nSPS) is 27.4. The van der Waals surface area contributed by atoms with E-state index in [-0.39, 0.29) is 18.1 Å². The molecule has 2 aromatic carbocycles. The van der Waals surface area contributed by atoms with Crippen LogP contribution in [-0.2, 0) is 4.79 Å². The quantitative estimate of drug-likeness (QED) is 0.873. The van der Waals surface area contributed by atoms with Crippen molar-refractivity contribution in [2.75, 3.05) is 11.4 Å². The molecule has 0 aliphatic carbocycles. The molecule has 2 aliphatic heterocycles. The molecule has 2 saturated heterocycles. The smallest absolute Gasteiger partial charge is 0.245 e. The van der Waals surface area contributed by atoms with Crippen LogP contribution in [0.2, 0.25) is 0 Å². The molecule has 0 radical (unpaired) electrons. The molecule has 2 aromatic rings. The van der Waals surface area contributed by atoms with Gasteiger partial charge in [0.2, 0.25) is 5.91 Å². The SMILES string of the molecule is C[C@H]1N(c2ccc(C#N)c3ccccc23)C(=O)[C@@H]2C[C@@H](O)CN21. The summed E-state index contributed by atoms with van der Waals surface area (Å²) in [6.45, 7) is 2.52. The molecule has 0 aromatic heterocycles. The maximum atomic E-state index is 12.8. The van der Waals surface area contributed by atoms with Crippen LogP contribution in [0.4, 0.5) is 5.69 Å². The van der Waals surface area contributed by atoms with Crippen molar-refractivity contribution in [3.8, 4) is 6.07 Å². The zero-order chi connectivity index (χ0) is 16.1. The van der Waals surface area contributed by atoms with Crippen LogP contribution < -0.4 is 4.90 Å². The first-order valence-corrected chi connectivity index (χ1v) is 7.80. The number of fused-ring (bicyclic) bond motifs is 2. The second kappa shape index (κ2) is 5.05. The highest BCUT2D eigenvalue weighted by atomic mass is 16.3. The first-order chi connectivity index (χ1) is 11.1. The van der Waals surface area contributed by atoms with Crippen LogP contribution in [0.5, 0.6) is 0 Å². The lowest BCUT2D eigenvalue weighted by Gasteiger charge is -2.27. The van der Waals surface area contributed by atoms with Crippen molar-refractivity contribution < 1.29 is 9.90 Å². The van der Waals surface area contributed by atoms with Crippen molar-refractivity contribution in [3.63, 3.8) is 0 Å². The summed E-state index contributed by atoms with van der Waals surface area (Å²) in [6, 6.07) is 13.3. The Morgan fingerprint density at radius 2 is 1.96 bits per heavy atom. The van der Waals surface area contributed by atoms with E-state index in [1.54, 1.807) is 11.0 Å². The lowest BCUT2D eigenvalue weighted by atomic mass is 10.0. The van der Waals surface area contributed by atoms with Gasteiger partial charge < -0.3 is 5.11 Å². The number of rotatable bonds is 1. The topological polar surface area (TPSA) is 67.6 Å². The molecule has 4 rings (SSSR count). The third-order valence-electron chi connectivity index (χ3n) is 4.97. The lowest BCUT2D eigenvalue weighted by molar-refractivity contribution is -0.119. The van der Waals surface area contributed by atoms with E-state index in [0.717, 1.165) is 16.5 Å². The van der Waals surface area contributed by atoms with Gasteiger partial charge in [0, 0.05) is 17.3 Å². The maximum Gasteiger partial charge on any atom is 0.245 e. The highest BCUT2D eigenvalue weighted by Crippen LogP contribution is 2.38. The van der Waals surface area contributed by atoms with Gasteiger partial charge in [-0.3, -0.25) is 14.6 Å². The molecule has 116 valence electrons. The molecule has 1 N–H and O–H groups in total. The summed E-state index contributed by atoms with van der Waals surface area (Å²) in [5, 5.41) is 20.9. The first kappa shape index (κ1) is 14.2. The third-order valence-corrected chi connectivity index (χ3v) is 4.97. The Balaban J connectivity index is 1.85. The molecule has 5 heteroatoms. The molecule has 0 bridgehead atoms. The Morgan fingerprint density at radius 3 is 2.65 bits per heavy atom. The van der Waals surface area contributed by atoms with Crippen molar-refractivity contribution in [2.24, 2.45) is 0 Å². The van der Waals surface area contributed by atoms with Gasteiger partial charge in [0.05, 0.1) is 35.6 Å². The molecule has 2 heterocycles. The van der Waals surface area contributed by atoms with Crippen LogP contribution in [0, 0.1) is 11.3 Å². The van der Waals surface area contributed by atoms with Gasteiger partial charge in [-0.05, 0) is 25.5 Å². The monoisotopic (exact) mass is 307 g/mol. The van der Waals surface area contributed by atoms with Crippen LogP contribution in [0.25, 0.3) is 10.8 Å². The van der Waals surface area contributed by atoms with E-state index in [2.05, 4.69) is 11.0 Å². The molecule has 23 heavy (non-hydrogen) atoms. The Labute approximate surface area is 134 Å². The predicted octanol–water partition coefficient (Wildman–Crippen LogP) is 1.84. The fraction of sp³-hybridized carbons (Fsp3) is 0.333.